The molecule has 160 valence electrons. The number of carbonyl (C=O) groups excluding carboxylic acids is 1. The van der Waals surface area contributed by atoms with Crippen LogP contribution in [0.1, 0.15) is 68.1 Å². The second-order valence-corrected chi connectivity index (χ2v) is 8.44. The van der Waals surface area contributed by atoms with Gasteiger partial charge in [0.05, 0.1) is 23.8 Å². The Morgan fingerprint density at radius 2 is 2.03 bits per heavy atom. The summed E-state index contributed by atoms with van der Waals surface area (Å²) in [7, 11) is 1.64. The molecule has 7 nitrogen and oxygen atoms in total. The van der Waals surface area contributed by atoms with Crippen LogP contribution in [-0.4, -0.2) is 51.5 Å². The number of ether oxygens (including phenoxy) is 1. The molecule has 3 aromatic rings. The number of hydrogen-bond donors (Lipinski definition) is 1. The zero-order valence-electron chi connectivity index (χ0n) is 18.0. The molecule has 1 N–H and O–H groups in total. The van der Waals surface area contributed by atoms with E-state index in [1.807, 2.05) is 35.3 Å². The van der Waals surface area contributed by atoms with E-state index >= 15 is 0 Å². The van der Waals surface area contributed by atoms with Gasteiger partial charge in [0.15, 0.2) is 0 Å². The molecule has 2 heterocycles. The van der Waals surface area contributed by atoms with Crippen LogP contribution in [0.25, 0.3) is 16.6 Å². The van der Waals surface area contributed by atoms with Crippen molar-refractivity contribution < 1.29 is 9.53 Å². The fraction of sp³-hybridized carbons (Fsp3) is 0.522. The van der Waals surface area contributed by atoms with Crippen molar-refractivity contribution in [3.8, 4) is 0 Å². The van der Waals surface area contributed by atoms with Gasteiger partial charge in [-0.1, -0.05) is 19.3 Å². The molecule has 1 amide bonds. The van der Waals surface area contributed by atoms with Crippen molar-refractivity contribution in [2.24, 2.45) is 0 Å². The van der Waals surface area contributed by atoms with E-state index in [0.717, 1.165) is 24.2 Å². The van der Waals surface area contributed by atoms with Crippen molar-refractivity contribution in [3.05, 3.63) is 46.1 Å². The van der Waals surface area contributed by atoms with Crippen molar-refractivity contribution in [2.45, 2.75) is 57.9 Å². The summed E-state index contributed by atoms with van der Waals surface area (Å²) in [6.45, 7) is 5.02. The number of H-pyrrole nitrogens is 1. The Balaban J connectivity index is 1.83. The average Bonchev–Trinajstić information content (AvgIpc) is 3.20. The van der Waals surface area contributed by atoms with Gasteiger partial charge in [0.1, 0.15) is 11.3 Å². The van der Waals surface area contributed by atoms with Crippen molar-refractivity contribution in [3.63, 3.8) is 0 Å². The van der Waals surface area contributed by atoms with Gasteiger partial charge in [-0.25, -0.2) is 4.98 Å². The highest BCUT2D eigenvalue weighted by atomic mass is 16.5. The second-order valence-electron chi connectivity index (χ2n) is 8.44. The Morgan fingerprint density at radius 1 is 1.27 bits per heavy atom. The number of aromatic amines is 1. The topological polar surface area (TPSA) is 79.7 Å². The van der Waals surface area contributed by atoms with Gasteiger partial charge in [-0.2, -0.15) is 0 Å². The number of rotatable bonds is 6. The van der Waals surface area contributed by atoms with Crippen LogP contribution in [-0.2, 0) is 4.74 Å². The molecule has 1 aliphatic rings. The molecule has 0 radical (unpaired) electrons. The standard InChI is InChI=1S/C23H30N4O3/c1-15(2)26(11-12-30-3)23(29)17-9-10-18-19(13-17)27-20(22(28)25-18)14-24-21(27)16-7-5-4-6-8-16/h9-10,13-16H,4-8,11-12H2,1-3H3,(H,25,28). The predicted molar refractivity (Wildman–Crippen MR) is 117 cm³/mol. The SMILES string of the molecule is COCCN(C(=O)c1ccc2[nH]c(=O)c3cnc(C4CCCCC4)n3c2c1)C(C)C. The van der Waals surface area contributed by atoms with Crippen LogP contribution >= 0.6 is 0 Å². The summed E-state index contributed by atoms with van der Waals surface area (Å²) >= 11 is 0. The zero-order valence-corrected chi connectivity index (χ0v) is 18.0. The number of fused-ring (bicyclic) bond motifs is 3. The van der Waals surface area contributed by atoms with Gasteiger partial charge in [-0.3, -0.25) is 14.0 Å². The van der Waals surface area contributed by atoms with E-state index in [9.17, 15) is 9.59 Å². The fourth-order valence-corrected chi connectivity index (χ4v) is 4.52. The quantitative estimate of drug-likeness (QED) is 0.672. The third kappa shape index (κ3) is 3.74. The number of methoxy groups -OCH3 is 1. The van der Waals surface area contributed by atoms with Crippen LogP contribution in [0.3, 0.4) is 0 Å². The molecule has 2 aromatic heterocycles. The first-order chi connectivity index (χ1) is 14.5. The summed E-state index contributed by atoms with van der Waals surface area (Å²) in [5.41, 5.74) is 2.52. The van der Waals surface area contributed by atoms with E-state index < -0.39 is 0 Å². The molecule has 0 atom stereocenters. The normalized spacial score (nSPS) is 15.3. The summed E-state index contributed by atoms with van der Waals surface area (Å²) in [5, 5.41) is 0. The van der Waals surface area contributed by atoms with Gasteiger partial charge in [0.2, 0.25) is 0 Å². The molecular formula is C23H30N4O3. The average molecular weight is 411 g/mol. The molecule has 30 heavy (non-hydrogen) atoms. The zero-order chi connectivity index (χ0) is 21.3. The lowest BCUT2D eigenvalue weighted by molar-refractivity contribution is 0.0635. The molecule has 1 saturated carbocycles. The van der Waals surface area contributed by atoms with Gasteiger partial charge < -0.3 is 14.6 Å². The van der Waals surface area contributed by atoms with Crippen LogP contribution < -0.4 is 5.56 Å². The molecule has 4 rings (SSSR count). The van der Waals surface area contributed by atoms with Gasteiger partial charge >= 0.3 is 0 Å². The maximum atomic E-state index is 13.2. The first kappa shape index (κ1) is 20.6. The summed E-state index contributed by atoms with van der Waals surface area (Å²) in [6.07, 6.45) is 7.47. The minimum Gasteiger partial charge on any atom is -0.383 e. The van der Waals surface area contributed by atoms with Gasteiger partial charge in [0, 0.05) is 31.2 Å². The van der Waals surface area contributed by atoms with Crippen molar-refractivity contribution in [2.75, 3.05) is 20.3 Å². The number of carbonyl (C=O) groups is 1. The lowest BCUT2D eigenvalue weighted by atomic mass is 9.88. The maximum absolute atomic E-state index is 13.2. The molecule has 0 unspecified atom stereocenters. The molecule has 0 bridgehead atoms. The summed E-state index contributed by atoms with van der Waals surface area (Å²) < 4.78 is 7.14. The number of benzene rings is 1. The molecule has 1 fully saturated rings. The van der Waals surface area contributed by atoms with Crippen molar-refractivity contribution in [1.29, 1.82) is 0 Å². The number of imidazole rings is 1. The van der Waals surface area contributed by atoms with E-state index in [-0.39, 0.29) is 17.5 Å². The van der Waals surface area contributed by atoms with E-state index in [4.69, 9.17) is 4.74 Å². The Bertz CT molecular complexity index is 1110. The number of aromatic nitrogens is 3. The van der Waals surface area contributed by atoms with Crippen molar-refractivity contribution in [1.82, 2.24) is 19.3 Å². The van der Waals surface area contributed by atoms with E-state index in [0.29, 0.717) is 35.7 Å². The minimum absolute atomic E-state index is 0.0392. The largest absolute Gasteiger partial charge is 0.383 e. The molecular weight excluding hydrogens is 380 g/mol. The van der Waals surface area contributed by atoms with Gasteiger partial charge in [-0.05, 0) is 44.9 Å². The Hall–Kier alpha value is -2.67. The first-order valence-electron chi connectivity index (χ1n) is 10.8. The lowest BCUT2D eigenvalue weighted by Gasteiger charge is -2.26. The molecule has 0 saturated heterocycles. The van der Waals surface area contributed by atoms with E-state index in [1.165, 1.54) is 19.3 Å². The van der Waals surface area contributed by atoms with Crippen LogP contribution in [0.2, 0.25) is 0 Å². The molecule has 7 heteroatoms. The summed E-state index contributed by atoms with van der Waals surface area (Å²) in [6, 6.07) is 5.55. The highest BCUT2D eigenvalue weighted by Crippen LogP contribution is 2.33. The monoisotopic (exact) mass is 410 g/mol. The molecule has 0 spiro atoms. The third-order valence-corrected chi connectivity index (χ3v) is 6.15. The third-order valence-electron chi connectivity index (χ3n) is 6.15. The van der Waals surface area contributed by atoms with Crippen LogP contribution in [0.4, 0.5) is 0 Å². The number of nitrogens with zero attached hydrogens (tertiary/aromatic N) is 3. The smallest absolute Gasteiger partial charge is 0.274 e. The Labute approximate surface area is 176 Å². The molecule has 1 aromatic carbocycles. The lowest BCUT2D eigenvalue weighted by Crippen LogP contribution is -2.39. The summed E-state index contributed by atoms with van der Waals surface area (Å²) in [5.74, 6) is 1.24. The molecule has 1 aliphatic carbocycles. The molecule has 0 aliphatic heterocycles. The second kappa shape index (κ2) is 8.60. The highest BCUT2D eigenvalue weighted by Gasteiger charge is 2.23. The maximum Gasteiger partial charge on any atom is 0.274 e. The predicted octanol–water partition coefficient (Wildman–Crippen LogP) is 3.72. The minimum atomic E-state index is -0.153. The van der Waals surface area contributed by atoms with Gasteiger partial charge in [0.25, 0.3) is 11.5 Å². The highest BCUT2D eigenvalue weighted by molar-refractivity contribution is 5.97. The van der Waals surface area contributed by atoms with E-state index in [2.05, 4.69) is 9.97 Å². The van der Waals surface area contributed by atoms with E-state index in [1.54, 1.807) is 19.4 Å². The Morgan fingerprint density at radius 3 is 2.73 bits per heavy atom. The first-order valence-corrected chi connectivity index (χ1v) is 10.8. The number of nitrogens with one attached hydrogen (secondary N) is 1. The van der Waals surface area contributed by atoms with Crippen LogP contribution in [0.15, 0.2) is 29.2 Å². The fourth-order valence-electron chi connectivity index (χ4n) is 4.52. The Kier molecular flexibility index (Phi) is 5.90. The van der Waals surface area contributed by atoms with Crippen LogP contribution in [0.5, 0.6) is 0 Å². The summed E-state index contributed by atoms with van der Waals surface area (Å²) in [4.78, 5) is 35.2. The van der Waals surface area contributed by atoms with Crippen LogP contribution in [0, 0.1) is 0 Å². The van der Waals surface area contributed by atoms with Crippen molar-refractivity contribution >= 4 is 22.5 Å². The number of amides is 1. The van der Waals surface area contributed by atoms with Gasteiger partial charge in [-0.15, -0.1) is 0 Å². The number of hydrogen-bond acceptors (Lipinski definition) is 4.